The van der Waals surface area contributed by atoms with Gasteiger partial charge >= 0.3 is 0 Å². The number of thioether (sulfide) groups is 1. The van der Waals surface area contributed by atoms with Gasteiger partial charge in [-0.3, -0.25) is 4.79 Å². The van der Waals surface area contributed by atoms with Crippen LogP contribution in [-0.2, 0) is 11.2 Å². The molecule has 2 aliphatic heterocycles. The van der Waals surface area contributed by atoms with Gasteiger partial charge in [0, 0.05) is 23.9 Å². The molecule has 1 amide bonds. The van der Waals surface area contributed by atoms with E-state index in [4.69, 9.17) is 5.73 Å². The molecule has 1 aromatic rings. The smallest absolute Gasteiger partial charge is 0.224 e. The van der Waals surface area contributed by atoms with Crippen molar-refractivity contribution in [3.05, 3.63) is 17.7 Å². The molecule has 0 aliphatic carbocycles. The lowest BCUT2D eigenvalue weighted by atomic mass is 10.0. The van der Waals surface area contributed by atoms with Gasteiger partial charge in [-0.2, -0.15) is 11.8 Å². The van der Waals surface area contributed by atoms with Gasteiger partial charge in [0.1, 0.15) is 0 Å². The predicted molar refractivity (Wildman–Crippen MR) is 77.2 cm³/mol. The molecule has 2 aliphatic rings. The van der Waals surface area contributed by atoms with E-state index in [1.54, 1.807) is 0 Å². The van der Waals surface area contributed by atoms with Crippen LogP contribution in [0, 0.1) is 0 Å². The lowest BCUT2D eigenvalue weighted by Crippen LogP contribution is -2.22. The number of carbonyl (C=O) groups excluding carboxylic acids is 1. The largest absolute Gasteiger partial charge is 0.397 e. The topological polar surface area (TPSA) is 67.2 Å². The Morgan fingerprint density at radius 2 is 2.28 bits per heavy atom. The third-order valence-electron chi connectivity index (χ3n) is 3.46. The van der Waals surface area contributed by atoms with Gasteiger partial charge in [-0.05, 0) is 36.3 Å². The molecular formula is C13H17N3OS. The molecule has 1 fully saturated rings. The Kier molecular flexibility index (Phi) is 3.07. The van der Waals surface area contributed by atoms with Crippen LogP contribution >= 0.6 is 11.8 Å². The molecule has 1 aromatic carbocycles. The van der Waals surface area contributed by atoms with Gasteiger partial charge in [-0.15, -0.1) is 0 Å². The first-order valence-corrected chi connectivity index (χ1v) is 7.44. The fourth-order valence-corrected chi connectivity index (χ4v) is 3.59. The van der Waals surface area contributed by atoms with Crippen molar-refractivity contribution in [2.75, 3.05) is 27.9 Å². The quantitative estimate of drug-likeness (QED) is 0.715. The van der Waals surface area contributed by atoms with Crippen LogP contribution < -0.4 is 16.4 Å². The number of rotatable bonds is 2. The number of hydrogen-bond acceptors (Lipinski definition) is 4. The second-order valence-corrected chi connectivity index (χ2v) is 6.00. The molecule has 96 valence electrons. The number of carbonyl (C=O) groups is 1. The zero-order valence-corrected chi connectivity index (χ0v) is 11.0. The minimum Gasteiger partial charge on any atom is -0.397 e. The standard InChI is InChI=1S/C13H17N3OS/c14-10-5-8-1-2-13(17)16-11(8)6-12(10)15-9-3-4-18-7-9/h5-6,9,15H,1-4,7,14H2,(H,16,17). The van der Waals surface area contributed by atoms with Crippen molar-refractivity contribution in [3.8, 4) is 0 Å². The summed E-state index contributed by atoms with van der Waals surface area (Å²) in [5, 5.41) is 6.39. The summed E-state index contributed by atoms with van der Waals surface area (Å²) in [5.41, 5.74) is 9.85. The molecular weight excluding hydrogens is 246 g/mol. The SMILES string of the molecule is Nc1cc2c(cc1NC1CCSC1)NC(=O)CC2. The van der Waals surface area contributed by atoms with Gasteiger partial charge in [0.2, 0.25) is 5.91 Å². The summed E-state index contributed by atoms with van der Waals surface area (Å²) in [6.45, 7) is 0. The molecule has 4 nitrogen and oxygen atoms in total. The van der Waals surface area contributed by atoms with E-state index < -0.39 is 0 Å². The van der Waals surface area contributed by atoms with E-state index in [9.17, 15) is 4.79 Å². The molecule has 5 heteroatoms. The number of nitrogens with one attached hydrogen (secondary N) is 2. The number of nitrogen functional groups attached to an aromatic ring is 1. The molecule has 3 rings (SSSR count). The zero-order chi connectivity index (χ0) is 12.5. The number of amides is 1. The molecule has 0 saturated carbocycles. The maximum absolute atomic E-state index is 11.4. The van der Waals surface area contributed by atoms with E-state index >= 15 is 0 Å². The molecule has 2 heterocycles. The highest BCUT2D eigenvalue weighted by Crippen LogP contribution is 2.32. The van der Waals surface area contributed by atoms with Gasteiger partial charge in [-0.1, -0.05) is 0 Å². The number of benzene rings is 1. The van der Waals surface area contributed by atoms with Crippen LogP contribution in [0.2, 0.25) is 0 Å². The van der Waals surface area contributed by atoms with Crippen LogP contribution in [-0.4, -0.2) is 23.5 Å². The average Bonchev–Trinajstić information content (AvgIpc) is 2.83. The second-order valence-electron chi connectivity index (χ2n) is 4.85. The van der Waals surface area contributed by atoms with E-state index in [0.717, 1.165) is 34.8 Å². The van der Waals surface area contributed by atoms with Gasteiger partial charge < -0.3 is 16.4 Å². The maximum atomic E-state index is 11.4. The Balaban J connectivity index is 1.85. The summed E-state index contributed by atoms with van der Waals surface area (Å²) in [7, 11) is 0. The summed E-state index contributed by atoms with van der Waals surface area (Å²) in [4.78, 5) is 11.4. The molecule has 1 saturated heterocycles. The fraction of sp³-hybridized carbons (Fsp3) is 0.462. The molecule has 0 bridgehead atoms. The summed E-state index contributed by atoms with van der Waals surface area (Å²) in [6, 6.07) is 4.46. The number of fused-ring (bicyclic) bond motifs is 1. The van der Waals surface area contributed by atoms with E-state index in [0.29, 0.717) is 12.5 Å². The molecule has 0 spiro atoms. The van der Waals surface area contributed by atoms with Crippen molar-refractivity contribution in [1.82, 2.24) is 0 Å². The van der Waals surface area contributed by atoms with Gasteiger partial charge in [0.05, 0.1) is 11.4 Å². The van der Waals surface area contributed by atoms with Crippen LogP contribution in [0.5, 0.6) is 0 Å². The van der Waals surface area contributed by atoms with Crippen LogP contribution in [0.15, 0.2) is 12.1 Å². The Hall–Kier alpha value is -1.36. The molecule has 18 heavy (non-hydrogen) atoms. The minimum atomic E-state index is 0.0923. The summed E-state index contributed by atoms with van der Waals surface area (Å²) in [5.74, 6) is 2.43. The first kappa shape index (κ1) is 11.7. The normalized spacial score (nSPS) is 22.4. The first-order chi connectivity index (χ1) is 8.72. The Morgan fingerprint density at radius 3 is 3.06 bits per heavy atom. The number of nitrogens with two attached hydrogens (primary N) is 1. The highest BCUT2D eigenvalue weighted by molar-refractivity contribution is 7.99. The van der Waals surface area contributed by atoms with E-state index in [1.165, 1.54) is 12.2 Å². The van der Waals surface area contributed by atoms with Crippen LogP contribution in [0.4, 0.5) is 17.1 Å². The minimum absolute atomic E-state index is 0.0923. The maximum Gasteiger partial charge on any atom is 0.224 e. The highest BCUT2D eigenvalue weighted by Gasteiger charge is 2.19. The molecule has 1 atom stereocenters. The van der Waals surface area contributed by atoms with Gasteiger partial charge in [-0.25, -0.2) is 0 Å². The Labute approximate surface area is 111 Å². The first-order valence-electron chi connectivity index (χ1n) is 6.29. The van der Waals surface area contributed by atoms with Crippen molar-refractivity contribution >= 4 is 34.7 Å². The summed E-state index contributed by atoms with van der Waals surface area (Å²) >= 11 is 1.96. The van der Waals surface area contributed by atoms with E-state index in [2.05, 4.69) is 10.6 Å². The molecule has 0 aromatic heterocycles. The number of anilines is 3. The van der Waals surface area contributed by atoms with E-state index in [-0.39, 0.29) is 5.91 Å². The monoisotopic (exact) mass is 263 g/mol. The van der Waals surface area contributed by atoms with Crippen molar-refractivity contribution in [3.63, 3.8) is 0 Å². The summed E-state index contributed by atoms with van der Waals surface area (Å²) < 4.78 is 0. The van der Waals surface area contributed by atoms with Gasteiger partial charge in [0.25, 0.3) is 0 Å². The highest BCUT2D eigenvalue weighted by atomic mass is 32.2. The van der Waals surface area contributed by atoms with Crippen LogP contribution in [0.3, 0.4) is 0 Å². The second kappa shape index (κ2) is 4.72. The van der Waals surface area contributed by atoms with Crippen molar-refractivity contribution in [2.45, 2.75) is 25.3 Å². The lowest BCUT2D eigenvalue weighted by Gasteiger charge is -2.21. The Bertz CT molecular complexity index is 483. The lowest BCUT2D eigenvalue weighted by molar-refractivity contribution is -0.116. The molecule has 4 N–H and O–H groups in total. The van der Waals surface area contributed by atoms with E-state index in [1.807, 2.05) is 23.9 Å². The van der Waals surface area contributed by atoms with Crippen molar-refractivity contribution < 1.29 is 4.79 Å². The van der Waals surface area contributed by atoms with Crippen molar-refractivity contribution in [1.29, 1.82) is 0 Å². The molecule has 1 unspecified atom stereocenters. The van der Waals surface area contributed by atoms with Crippen LogP contribution in [0.25, 0.3) is 0 Å². The van der Waals surface area contributed by atoms with Crippen molar-refractivity contribution in [2.24, 2.45) is 0 Å². The Morgan fingerprint density at radius 1 is 1.39 bits per heavy atom. The van der Waals surface area contributed by atoms with Gasteiger partial charge in [0.15, 0.2) is 0 Å². The fourth-order valence-electron chi connectivity index (χ4n) is 2.44. The number of hydrogen-bond donors (Lipinski definition) is 3. The number of aryl methyl sites for hydroxylation is 1. The third-order valence-corrected chi connectivity index (χ3v) is 4.62. The summed E-state index contributed by atoms with van der Waals surface area (Å²) in [6.07, 6.45) is 2.51. The van der Waals surface area contributed by atoms with Crippen LogP contribution in [0.1, 0.15) is 18.4 Å². The predicted octanol–water partition coefficient (Wildman–Crippen LogP) is 2.07. The third kappa shape index (κ3) is 2.27. The average molecular weight is 263 g/mol. The zero-order valence-electron chi connectivity index (χ0n) is 10.2. The molecule has 0 radical (unpaired) electrons.